The lowest BCUT2D eigenvalue weighted by molar-refractivity contribution is 0.318. The van der Waals surface area contributed by atoms with Gasteiger partial charge < -0.3 is 10.5 Å². The number of benzene rings is 1. The SMILES string of the molecule is NCCOc1n[nH]c2ccc(F)cc12. The first-order chi connectivity index (χ1) is 6.81. The number of nitrogens with two attached hydrogens (primary N) is 1. The standard InChI is InChI=1S/C9H10FN3O/c10-6-1-2-8-7(5-6)9(13-12-8)14-4-3-11/h1-2,5H,3-4,11H2,(H,12,13). The second kappa shape index (κ2) is 3.63. The normalized spacial score (nSPS) is 10.7. The summed E-state index contributed by atoms with van der Waals surface area (Å²) in [7, 11) is 0. The average Bonchev–Trinajstić information content (AvgIpc) is 2.57. The minimum Gasteiger partial charge on any atom is -0.475 e. The minimum absolute atomic E-state index is 0.309. The number of hydrogen-bond acceptors (Lipinski definition) is 3. The largest absolute Gasteiger partial charge is 0.475 e. The summed E-state index contributed by atoms with van der Waals surface area (Å²) in [5.74, 6) is 0.0847. The molecule has 0 spiro atoms. The number of rotatable bonds is 3. The van der Waals surface area contributed by atoms with Crippen molar-refractivity contribution in [1.82, 2.24) is 10.2 Å². The Morgan fingerprint density at radius 1 is 1.50 bits per heavy atom. The van der Waals surface area contributed by atoms with Crippen LogP contribution in [-0.2, 0) is 0 Å². The number of aromatic amines is 1. The molecule has 0 unspecified atom stereocenters. The molecular weight excluding hydrogens is 185 g/mol. The Morgan fingerprint density at radius 3 is 3.14 bits per heavy atom. The molecule has 0 radical (unpaired) electrons. The summed E-state index contributed by atoms with van der Waals surface area (Å²) in [5.41, 5.74) is 6.03. The number of halogens is 1. The molecule has 1 aromatic carbocycles. The molecule has 0 saturated heterocycles. The molecule has 2 aromatic rings. The van der Waals surface area contributed by atoms with Crippen LogP contribution >= 0.6 is 0 Å². The molecule has 0 aliphatic heterocycles. The Morgan fingerprint density at radius 2 is 2.36 bits per heavy atom. The Hall–Kier alpha value is -1.62. The van der Waals surface area contributed by atoms with Crippen molar-refractivity contribution < 1.29 is 9.13 Å². The first-order valence-corrected chi connectivity index (χ1v) is 4.28. The lowest BCUT2D eigenvalue weighted by Gasteiger charge is -1.99. The molecule has 74 valence electrons. The van der Waals surface area contributed by atoms with E-state index in [1.165, 1.54) is 12.1 Å². The molecule has 5 heteroatoms. The van der Waals surface area contributed by atoms with Gasteiger partial charge in [-0.1, -0.05) is 0 Å². The number of nitrogens with zero attached hydrogens (tertiary/aromatic N) is 1. The van der Waals surface area contributed by atoms with E-state index >= 15 is 0 Å². The summed E-state index contributed by atoms with van der Waals surface area (Å²) in [6, 6.07) is 4.37. The van der Waals surface area contributed by atoms with Crippen molar-refractivity contribution in [2.24, 2.45) is 5.73 Å². The molecule has 4 nitrogen and oxygen atoms in total. The van der Waals surface area contributed by atoms with Crippen molar-refractivity contribution in [3.63, 3.8) is 0 Å². The fourth-order valence-electron chi connectivity index (χ4n) is 1.23. The molecule has 14 heavy (non-hydrogen) atoms. The van der Waals surface area contributed by atoms with Crippen LogP contribution < -0.4 is 10.5 Å². The van der Waals surface area contributed by atoms with Crippen LogP contribution in [0.15, 0.2) is 18.2 Å². The number of fused-ring (bicyclic) bond motifs is 1. The summed E-state index contributed by atoms with van der Waals surface area (Å²) in [5, 5.41) is 7.28. The second-order valence-electron chi connectivity index (χ2n) is 2.86. The molecule has 0 bridgehead atoms. The van der Waals surface area contributed by atoms with Crippen LogP contribution in [0.2, 0.25) is 0 Å². The monoisotopic (exact) mass is 195 g/mol. The average molecular weight is 195 g/mol. The Labute approximate surface area is 79.9 Å². The Kier molecular flexibility index (Phi) is 2.32. The third-order valence-corrected chi connectivity index (χ3v) is 1.85. The van der Waals surface area contributed by atoms with Crippen molar-refractivity contribution >= 4 is 10.9 Å². The molecule has 0 atom stereocenters. The maximum atomic E-state index is 12.9. The highest BCUT2D eigenvalue weighted by atomic mass is 19.1. The summed E-state index contributed by atoms with van der Waals surface area (Å²) >= 11 is 0. The van der Waals surface area contributed by atoms with Gasteiger partial charge in [0.1, 0.15) is 12.4 Å². The predicted molar refractivity (Wildman–Crippen MR) is 50.6 cm³/mol. The fraction of sp³-hybridized carbons (Fsp3) is 0.222. The van der Waals surface area contributed by atoms with Crippen molar-refractivity contribution in [3.05, 3.63) is 24.0 Å². The van der Waals surface area contributed by atoms with Crippen LogP contribution in [-0.4, -0.2) is 23.3 Å². The Balaban J connectivity index is 2.40. The van der Waals surface area contributed by atoms with Gasteiger partial charge in [-0.15, -0.1) is 5.10 Å². The molecule has 0 amide bonds. The van der Waals surface area contributed by atoms with Gasteiger partial charge in [0.25, 0.3) is 0 Å². The van der Waals surface area contributed by atoms with E-state index in [0.717, 1.165) is 5.52 Å². The van der Waals surface area contributed by atoms with Crippen molar-refractivity contribution in [2.45, 2.75) is 0 Å². The van der Waals surface area contributed by atoms with Crippen LogP contribution in [0.5, 0.6) is 5.88 Å². The van der Waals surface area contributed by atoms with Gasteiger partial charge in [0.2, 0.25) is 5.88 Å². The molecule has 1 heterocycles. The summed E-state index contributed by atoms with van der Waals surface area (Å²) in [6.07, 6.45) is 0. The topological polar surface area (TPSA) is 63.9 Å². The first-order valence-electron chi connectivity index (χ1n) is 4.28. The van der Waals surface area contributed by atoms with E-state index < -0.39 is 0 Å². The molecule has 2 rings (SSSR count). The lowest BCUT2D eigenvalue weighted by atomic mass is 10.2. The number of aromatic nitrogens is 2. The highest BCUT2D eigenvalue weighted by molar-refractivity contribution is 5.83. The van der Waals surface area contributed by atoms with E-state index in [0.29, 0.717) is 24.4 Å². The van der Waals surface area contributed by atoms with E-state index in [-0.39, 0.29) is 5.82 Å². The van der Waals surface area contributed by atoms with E-state index in [1.54, 1.807) is 6.07 Å². The van der Waals surface area contributed by atoms with Gasteiger partial charge in [0.15, 0.2) is 0 Å². The highest BCUT2D eigenvalue weighted by Gasteiger charge is 2.06. The van der Waals surface area contributed by atoms with E-state index in [4.69, 9.17) is 10.5 Å². The molecule has 0 aliphatic rings. The summed E-state index contributed by atoms with van der Waals surface area (Å²) in [4.78, 5) is 0. The van der Waals surface area contributed by atoms with Gasteiger partial charge in [0.05, 0.1) is 10.9 Å². The summed E-state index contributed by atoms with van der Waals surface area (Å²) < 4.78 is 18.1. The molecule has 1 aromatic heterocycles. The lowest BCUT2D eigenvalue weighted by Crippen LogP contribution is -2.10. The Bertz CT molecular complexity index is 441. The van der Waals surface area contributed by atoms with Gasteiger partial charge in [-0.3, -0.25) is 5.10 Å². The van der Waals surface area contributed by atoms with Crippen molar-refractivity contribution in [3.8, 4) is 5.88 Å². The molecule has 0 saturated carbocycles. The smallest absolute Gasteiger partial charge is 0.240 e. The third kappa shape index (κ3) is 1.54. The zero-order valence-electron chi connectivity index (χ0n) is 7.46. The first kappa shape index (κ1) is 8.96. The minimum atomic E-state index is -0.309. The predicted octanol–water partition coefficient (Wildman–Crippen LogP) is 1.04. The van der Waals surface area contributed by atoms with E-state index in [1.807, 2.05) is 0 Å². The van der Waals surface area contributed by atoms with Crippen LogP contribution in [0.3, 0.4) is 0 Å². The van der Waals surface area contributed by atoms with Crippen molar-refractivity contribution in [1.29, 1.82) is 0 Å². The maximum absolute atomic E-state index is 12.9. The van der Waals surface area contributed by atoms with Crippen LogP contribution in [0.1, 0.15) is 0 Å². The van der Waals surface area contributed by atoms with Crippen LogP contribution in [0.25, 0.3) is 10.9 Å². The van der Waals surface area contributed by atoms with Gasteiger partial charge in [0, 0.05) is 6.54 Å². The molecular formula is C9H10FN3O. The molecule has 3 N–H and O–H groups in total. The quantitative estimate of drug-likeness (QED) is 0.769. The zero-order valence-corrected chi connectivity index (χ0v) is 7.46. The van der Waals surface area contributed by atoms with E-state index in [2.05, 4.69) is 10.2 Å². The fourth-order valence-corrected chi connectivity index (χ4v) is 1.23. The maximum Gasteiger partial charge on any atom is 0.240 e. The number of H-pyrrole nitrogens is 1. The number of hydrogen-bond donors (Lipinski definition) is 2. The highest BCUT2D eigenvalue weighted by Crippen LogP contribution is 2.22. The van der Waals surface area contributed by atoms with Gasteiger partial charge in [-0.25, -0.2) is 4.39 Å². The zero-order chi connectivity index (χ0) is 9.97. The third-order valence-electron chi connectivity index (χ3n) is 1.85. The van der Waals surface area contributed by atoms with Crippen LogP contribution in [0, 0.1) is 5.82 Å². The van der Waals surface area contributed by atoms with E-state index in [9.17, 15) is 4.39 Å². The second-order valence-corrected chi connectivity index (χ2v) is 2.86. The molecule has 0 aliphatic carbocycles. The van der Waals surface area contributed by atoms with Gasteiger partial charge in [-0.05, 0) is 18.2 Å². The van der Waals surface area contributed by atoms with Crippen molar-refractivity contribution in [2.75, 3.05) is 13.2 Å². The van der Waals surface area contributed by atoms with Crippen LogP contribution in [0.4, 0.5) is 4.39 Å². The number of ether oxygens (including phenoxy) is 1. The van der Waals surface area contributed by atoms with Gasteiger partial charge in [-0.2, -0.15) is 0 Å². The number of nitrogens with one attached hydrogen (secondary N) is 1. The van der Waals surface area contributed by atoms with Gasteiger partial charge >= 0.3 is 0 Å². The summed E-state index contributed by atoms with van der Waals surface area (Å²) in [6.45, 7) is 0.778. The molecule has 0 fully saturated rings.